The van der Waals surface area contributed by atoms with Crippen molar-refractivity contribution in [1.82, 2.24) is 20.0 Å². The summed E-state index contributed by atoms with van der Waals surface area (Å²) in [6.45, 7) is 1.23. The van der Waals surface area contributed by atoms with Crippen LogP contribution in [0.3, 0.4) is 0 Å². The van der Waals surface area contributed by atoms with E-state index in [0.717, 1.165) is 18.6 Å². The van der Waals surface area contributed by atoms with Gasteiger partial charge in [0.25, 0.3) is 0 Å². The lowest BCUT2D eigenvalue weighted by molar-refractivity contribution is -0.137. The third kappa shape index (κ3) is 2.45. The van der Waals surface area contributed by atoms with E-state index in [0.29, 0.717) is 18.9 Å². The number of halogens is 3. The Morgan fingerprint density at radius 1 is 1.25 bits per heavy atom. The van der Waals surface area contributed by atoms with Crippen LogP contribution in [0.2, 0.25) is 0 Å². The van der Waals surface area contributed by atoms with Crippen LogP contribution >= 0.6 is 0 Å². The second-order valence-electron chi connectivity index (χ2n) is 4.67. The summed E-state index contributed by atoms with van der Waals surface area (Å²) in [6.07, 6.45) is 1.00. The van der Waals surface area contributed by atoms with Gasteiger partial charge in [0.05, 0.1) is 17.8 Å². The monoisotopic (exact) mass is 283 g/mol. The Kier molecular flexibility index (Phi) is 3.07. The molecule has 1 aliphatic rings. The van der Waals surface area contributed by atoms with E-state index in [1.165, 1.54) is 6.20 Å². The molecule has 1 saturated heterocycles. The Bertz CT molecular complexity index is 581. The van der Waals surface area contributed by atoms with Crippen molar-refractivity contribution in [1.29, 1.82) is 0 Å². The van der Waals surface area contributed by atoms with Crippen LogP contribution in [-0.4, -0.2) is 33.1 Å². The van der Waals surface area contributed by atoms with Gasteiger partial charge in [-0.05, 0) is 18.6 Å². The largest absolute Gasteiger partial charge is 0.416 e. The second-order valence-corrected chi connectivity index (χ2v) is 4.67. The van der Waals surface area contributed by atoms with Crippen molar-refractivity contribution in [3.63, 3.8) is 0 Å². The lowest BCUT2D eigenvalue weighted by Crippen LogP contribution is -2.22. The molecule has 0 radical (unpaired) electrons. The van der Waals surface area contributed by atoms with Crippen molar-refractivity contribution < 1.29 is 13.2 Å². The van der Waals surface area contributed by atoms with Gasteiger partial charge in [0.15, 0.2) is 0 Å². The third-order valence-corrected chi connectivity index (χ3v) is 3.38. The minimum Gasteiger partial charge on any atom is -0.354 e. The quantitative estimate of drug-likeness (QED) is 0.847. The second kappa shape index (κ2) is 4.77. The van der Waals surface area contributed by atoms with Gasteiger partial charge in [-0.3, -0.25) is 0 Å². The normalized spacial score (nSPS) is 19.6. The van der Waals surface area contributed by atoms with Crippen LogP contribution in [0.4, 0.5) is 19.0 Å². The zero-order valence-corrected chi connectivity index (χ0v) is 10.5. The Morgan fingerprint density at radius 3 is 2.80 bits per heavy atom. The number of rotatable bonds is 2. The number of pyridine rings is 1. The molecule has 0 bridgehead atoms. The molecule has 106 valence electrons. The van der Waals surface area contributed by atoms with Gasteiger partial charge in [0.1, 0.15) is 5.82 Å². The van der Waals surface area contributed by atoms with E-state index in [1.54, 1.807) is 17.1 Å². The molecular weight excluding hydrogens is 271 g/mol. The summed E-state index contributed by atoms with van der Waals surface area (Å²) in [5.41, 5.74) is -0.674. The van der Waals surface area contributed by atoms with E-state index < -0.39 is 11.7 Å². The van der Waals surface area contributed by atoms with E-state index in [-0.39, 0.29) is 6.04 Å². The van der Waals surface area contributed by atoms with Crippen molar-refractivity contribution in [2.45, 2.75) is 18.6 Å². The molecule has 2 aromatic heterocycles. The molecule has 3 rings (SSSR count). The SMILES string of the molecule is FC(F)(F)c1ccnc(N2CCC(n3ccnn3)C2)c1. The topological polar surface area (TPSA) is 46.8 Å². The van der Waals surface area contributed by atoms with Gasteiger partial charge in [0.2, 0.25) is 0 Å². The summed E-state index contributed by atoms with van der Waals surface area (Å²) in [6, 6.07) is 2.19. The molecule has 0 N–H and O–H groups in total. The fourth-order valence-electron chi connectivity index (χ4n) is 2.35. The first kappa shape index (κ1) is 12.9. The highest BCUT2D eigenvalue weighted by molar-refractivity contribution is 5.43. The highest BCUT2D eigenvalue weighted by atomic mass is 19.4. The molecule has 0 aromatic carbocycles. The maximum absolute atomic E-state index is 12.7. The predicted octanol–water partition coefficient (Wildman–Crippen LogP) is 2.14. The average molecular weight is 283 g/mol. The van der Waals surface area contributed by atoms with Gasteiger partial charge in [-0.25, -0.2) is 9.67 Å². The molecule has 0 saturated carbocycles. The van der Waals surface area contributed by atoms with Gasteiger partial charge in [-0.1, -0.05) is 5.21 Å². The fraction of sp³-hybridized carbons (Fsp3) is 0.417. The number of hydrogen-bond donors (Lipinski definition) is 0. The van der Waals surface area contributed by atoms with Crippen LogP contribution in [0.5, 0.6) is 0 Å². The van der Waals surface area contributed by atoms with Crippen molar-refractivity contribution in [3.05, 3.63) is 36.3 Å². The summed E-state index contributed by atoms with van der Waals surface area (Å²) in [7, 11) is 0. The highest BCUT2D eigenvalue weighted by Gasteiger charge is 2.32. The van der Waals surface area contributed by atoms with E-state index >= 15 is 0 Å². The third-order valence-electron chi connectivity index (χ3n) is 3.38. The van der Waals surface area contributed by atoms with Crippen LogP contribution in [0.15, 0.2) is 30.7 Å². The van der Waals surface area contributed by atoms with Gasteiger partial charge in [0, 0.05) is 25.5 Å². The zero-order valence-electron chi connectivity index (χ0n) is 10.5. The van der Waals surface area contributed by atoms with Crippen LogP contribution in [0.1, 0.15) is 18.0 Å². The van der Waals surface area contributed by atoms with Crippen LogP contribution < -0.4 is 4.90 Å². The molecule has 1 atom stereocenters. The lowest BCUT2D eigenvalue weighted by atomic mass is 10.2. The minimum atomic E-state index is -4.34. The van der Waals surface area contributed by atoms with Crippen LogP contribution in [0.25, 0.3) is 0 Å². The molecule has 5 nitrogen and oxygen atoms in total. The molecule has 8 heteroatoms. The van der Waals surface area contributed by atoms with Crippen molar-refractivity contribution in [3.8, 4) is 0 Å². The van der Waals surface area contributed by atoms with Crippen molar-refractivity contribution >= 4 is 5.82 Å². The van der Waals surface area contributed by atoms with E-state index in [2.05, 4.69) is 15.3 Å². The summed E-state index contributed by atoms with van der Waals surface area (Å²) in [5.74, 6) is 0.349. The van der Waals surface area contributed by atoms with Crippen LogP contribution in [-0.2, 0) is 6.18 Å². The standard InChI is InChI=1S/C12H12F3N5/c13-12(14,15)9-1-3-16-11(7-9)19-5-2-10(8-19)20-6-4-17-18-20/h1,3-4,6-7,10H,2,5,8H2. The number of nitrogens with zero attached hydrogens (tertiary/aromatic N) is 5. The molecule has 1 aliphatic heterocycles. The Hall–Kier alpha value is -2.12. The molecule has 2 aromatic rings. The van der Waals surface area contributed by atoms with Gasteiger partial charge in [-0.15, -0.1) is 5.10 Å². The smallest absolute Gasteiger partial charge is 0.354 e. The van der Waals surface area contributed by atoms with Gasteiger partial charge < -0.3 is 4.90 Å². The van der Waals surface area contributed by atoms with E-state index in [1.807, 2.05) is 4.90 Å². The molecular formula is C12H12F3N5. The Labute approximate surface area is 113 Å². The summed E-state index contributed by atoms with van der Waals surface area (Å²) >= 11 is 0. The van der Waals surface area contributed by atoms with Crippen LogP contribution in [0, 0.1) is 0 Å². The first-order valence-electron chi connectivity index (χ1n) is 6.18. The maximum atomic E-state index is 12.7. The Balaban J connectivity index is 1.78. The fourth-order valence-corrected chi connectivity index (χ4v) is 2.35. The van der Waals surface area contributed by atoms with E-state index in [9.17, 15) is 13.2 Å². The first-order chi connectivity index (χ1) is 9.54. The number of anilines is 1. The molecule has 0 amide bonds. The highest BCUT2D eigenvalue weighted by Crippen LogP contribution is 2.32. The zero-order chi connectivity index (χ0) is 14.2. The summed E-state index contributed by atoms with van der Waals surface area (Å²) in [5, 5.41) is 7.66. The number of alkyl halides is 3. The Morgan fingerprint density at radius 2 is 2.10 bits per heavy atom. The summed E-state index contributed by atoms with van der Waals surface area (Å²) in [4.78, 5) is 5.87. The van der Waals surface area contributed by atoms with Crippen molar-refractivity contribution in [2.24, 2.45) is 0 Å². The maximum Gasteiger partial charge on any atom is 0.416 e. The summed E-state index contributed by atoms with van der Waals surface area (Å²) < 4.78 is 39.8. The van der Waals surface area contributed by atoms with E-state index in [4.69, 9.17) is 0 Å². The molecule has 3 heterocycles. The average Bonchev–Trinajstić information content (AvgIpc) is 3.09. The number of hydrogen-bond acceptors (Lipinski definition) is 4. The van der Waals surface area contributed by atoms with Gasteiger partial charge in [-0.2, -0.15) is 13.2 Å². The van der Waals surface area contributed by atoms with Crippen molar-refractivity contribution in [2.75, 3.05) is 18.0 Å². The lowest BCUT2D eigenvalue weighted by Gasteiger charge is -2.18. The molecule has 1 fully saturated rings. The number of aromatic nitrogens is 4. The predicted molar refractivity (Wildman–Crippen MR) is 65.1 cm³/mol. The molecule has 0 spiro atoms. The molecule has 20 heavy (non-hydrogen) atoms. The van der Waals surface area contributed by atoms with Gasteiger partial charge >= 0.3 is 6.18 Å². The molecule has 0 aliphatic carbocycles. The first-order valence-corrected chi connectivity index (χ1v) is 6.18. The minimum absolute atomic E-state index is 0.119. The molecule has 1 unspecified atom stereocenters.